The zero-order valence-corrected chi connectivity index (χ0v) is 14.7. The average Bonchev–Trinajstić information content (AvgIpc) is 3.05. The highest BCUT2D eigenvalue weighted by Crippen LogP contribution is 2.24. The van der Waals surface area contributed by atoms with Crippen LogP contribution in [0.4, 0.5) is 0 Å². The van der Waals surface area contributed by atoms with Crippen molar-refractivity contribution < 1.29 is 9.53 Å². The fourth-order valence-electron chi connectivity index (χ4n) is 2.65. The van der Waals surface area contributed by atoms with E-state index < -0.39 is 0 Å². The SMILES string of the molecule is COc1ccc([C@@H](NC(=O)c2nc3nccc(C)n3n2)C(C)C)cc1. The first-order chi connectivity index (χ1) is 12.0. The third-order valence-electron chi connectivity index (χ3n) is 4.06. The highest BCUT2D eigenvalue weighted by Gasteiger charge is 2.22. The number of carbonyl (C=O) groups is 1. The van der Waals surface area contributed by atoms with Crippen LogP contribution in [0.25, 0.3) is 5.78 Å². The smallest absolute Gasteiger partial charge is 0.291 e. The van der Waals surface area contributed by atoms with E-state index in [1.54, 1.807) is 17.8 Å². The van der Waals surface area contributed by atoms with Gasteiger partial charge >= 0.3 is 0 Å². The molecule has 7 nitrogen and oxygen atoms in total. The molecule has 25 heavy (non-hydrogen) atoms. The first-order valence-corrected chi connectivity index (χ1v) is 8.13. The molecule has 1 N–H and O–H groups in total. The molecule has 1 amide bonds. The lowest BCUT2D eigenvalue weighted by molar-refractivity contribution is 0.0915. The van der Waals surface area contributed by atoms with Crippen LogP contribution in [-0.4, -0.2) is 32.6 Å². The molecule has 0 spiro atoms. The van der Waals surface area contributed by atoms with Crippen molar-refractivity contribution in [2.24, 2.45) is 5.92 Å². The summed E-state index contributed by atoms with van der Waals surface area (Å²) >= 11 is 0. The van der Waals surface area contributed by atoms with Crippen molar-refractivity contribution >= 4 is 11.7 Å². The lowest BCUT2D eigenvalue weighted by Gasteiger charge is -2.22. The summed E-state index contributed by atoms with van der Waals surface area (Å²) < 4.78 is 6.75. The molecule has 0 aliphatic heterocycles. The fourth-order valence-corrected chi connectivity index (χ4v) is 2.65. The number of nitrogens with zero attached hydrogens (tertiary/aromatic N) is 4. The Kier molecular flexibility index (Phi) is 4.65. The van der Waals surface area contributed by atoms with Crippen LogP contribution in [0.2, 0.25) is 0 Å². The van der Waals surface area contributed by atoms with Gasteiger partial charge in [0.1, 0.15) is 5.75 Å². The van der Waals surface area contributed by atoms with E-state index in [1.165, 1.54) is 0 Å². The number of aryl methyl sites for hydroxylation is 1. The number of hydrogen-bond acceptors (Lipinski definition) is 5. The van der Waals surface area contributed by atoms with Crippen molar-refractivity contribution in [2.75, 3.05) is 7.11 Å². The molecule has 0 bridgehead atoms. The number of methoxy groups -OCH3 is 1. The number of ether oxygens (including phenoxy) is 1. The Balaban J connectivity index is 1.85. The summed E-state index contributed by atoms with van der Waals surface area (Å²) in [6.07, 6.45) is 1.65. The number of carbonyl (C=O) groups excluding carboxylic acids is 1. The van der Waals surface area contributed by atoms with Gasteiger partial charge in [-0.1, -0.05) is 26.0 Å². The van der Waals surface area contributed by atoms with Gasteiger partial charge in [0.15, 0.2) is 0 Å². The summed E-state index contributed by atoms with van der Waals surface area (Å²) in [4.78, 5) is 21.0. The van der Waals surface area contributed by atoms with Crippen LogP contribution in [-0.2, 0) is 0 Å². The fraction of sp³-hybridized carbons (Fsp3) is 0.333. The maximum atomic E-state index is 12.6. The summed E-state index contributed by atoms with van der Waals surface area (Å²) in [5.74, 6) is 1.19. The molecule has 1 atom stereocenters. The Morgan fingerprint density at radius 2 is 1.92 bits per heavy atom. The molecule has 3 rings (SSSR count). The number of fused-ring (bicyclic) bond motifs is 1. The van der Waals surface area contributed by atoms with E-state index in [2.05, 4.69) is 34.2 Å². The van der Waals surface area contributed by atoms with E-state index in [0.717, 1.165) is 17.0 Å². The van der Waals surface area contributed by atoms with Crippen LogP contribution >= 0.6 is 0 Å². The number of amides is 1. The lowest BCUT2D eigenvalue weighted by atomic mass is 9.96. The lowest BCUT2D eigenvalue weighted by Crippen LogP contribution is -2.32. The van der Waals surface area contributed by atoms with Gasteiger partial charge in [-0.05, 0) is 36.6 Å². The molecule has 7 heteroatoms. The van der Waals surface area contributed by atoms with Crippen LogP contribution in [0, 0.1) is 12.8 Å². The molecule has 0 unspecified atom stereocenters. The summed E-state index contributed by atoms with van der Waals surface area (Å²) in [5.41, 5.74) is 1.87. The van der Waals surface area contributed by atoms with E-state index in [-0.39, 0.29) is 23.7 Å². The summed E-state index contributed by atoms with van der Waals surface area (Å²) in [6.45, 7) is 6.00. The van der Waals surface area contributed by atoms with Gasteiger partial charge in [-0.15, -0.1) is 5.10 Å². The van der Waals surface area contributed by atoms with Gasteiger partial charge in [-0.25, -0.2) is 9.50 Å². The van der Waals surface area contributed by atoms with E-state index >= 15 is 0 Å². The van der Waals surface area contributed by atoms with Crippen LogP contribution in [0.3, 0.4) is 0 Å². The minimum atomic E-state index is -0.320. The van der Waals surface area contributed by atoms with Crippen molar-refractivity contribution in [1.29, 1.82) is 0 Å². The van der Waals surface area contributed by atoms with Gasteiger partial charge in [0.25, 0.3) is 11.7 Å². The van der Waals surface area contributed by atoms with Crippen molar-refractivity contribution in [3.8, 4) is 5.75 Å². The maximum absolute atomic E-state index is 12.6. The second-order valence-corrected chi connectivity index (χ2v) is 6.20. The number of rotatable bonds is 5. The topological polar surface area (TPSA) is 81.4 Å². The predicted octanol–water partition coefficient (Wildman–Crippen LogP) is 2.57. The number of benzene rings is 1. The van der Waals surface area contributed by atoms with Gasteiger partial charge in [-0.3, -0.25) is 4.79 Å². The Hall–Kier alpha value is -2.96. The highest BCUT2D eigenvalue weighted by atomic mass is 16.5. The number of hydrogen-bond donors (Lipinski definition) is 1. The van der Waals surface area contributed by atoms with Gasteiger partial charge in [0.2, 0.25) is 5.82 Å². The average molecular weight is 339 g/mol. The third kappa shape index (κ3) is 3.45. The van der Waals surface area contributed by atoms with Gasteiger partial charge in [0.05, 0.1) is 13.2 Å². The molecule has 0 radical (unpaired) electrons. The Bertz CT molecular complexity index is 886. The standard InChI is InChI=1S/C18H21N5O2/c1-11(2)15(13-5-7-14(25-4)8-6-13)20-17(24)16-21-18-19-10-9-12(3)23(18)22-16/h5-11,15H,1-4H3,(H,20,24)/t15-/m0/s1. The second-order valence-electron chi connectivity index (χ2n) is 6.20. The van der Waals surface area contributed by atoms with Gasteiger partial charge in [0, 0.05) is 11.9 Å². The molecule has 0 saturated heterocycles. The zero-order valence-electron chi connectivity index (χ0n) is 14.7. The minimum absolute atomic E-state index is 0.112. The minimum Gasteiger partial charge on any atom is -0.497 e. The van der Waals surface area contributed by atoms with E-state index in [1.807, 2.05) is 37.3 Å². The summed E-state index contributed by atoms with van der Waals surface area (Å²) in [7, 11) is 1.63. The van der Waals surface area contributed by atoms with Crippen LogP contribution in [0.1, 0.15) is 41.8 Å². The molecule has 130 valence electrons. The molecule has 0 saturated carbocycles. The molecule has 0 aliphatic rings. The van der Waals surface area contributed by atoms with E-state index in [4.69, 9.17) is 4.74 Å². The Labute approximate surface area is 146 Å². The molecule has 0 aliphatic carbocycles. The molecular formula is C18H21N5O2. The van der Waals surface area contributed by atoms with E-state index in [9.17, 15) is 4.79 Å². The zero-order chi connectivity index (χ0) is 18.0. The normalized spacial score (nSPS) is 12.4. The van der Waals surface area contributed by atoms with Crippen molar-refractivity contribution in [3.63, 3.8) is 0 Å². The molecular weight excluding hydrogens is 318 g/mol. The summed E-state index contributed by atoms with van der Waals surface area (Å²) in [5, 5.41) is 7.28. The van der Waals surface area contributed by atoms with E-state index in [0.29, 0.717) is 5.78 Å². The molecule has 3 aromatic rings. The molecule has 0 fully saturated rings. The van der Waals surface area contributed by atoms with Gasteiger partial charge < -0.3 is 10.1 Å². The molecule has 2 heterocycles. The third-order valence-corrected chi connectivity index (χ3v) is 4.06. The second kappa shape index (κ2) is 6.88. The van der Waals surface area contributed by atoms with Crippen LogP contribution < -0.4 is 10.1 Å². The van der Waals surface area contributed by atoms with Gasteiger partial charge in [-0.2, -0.15) is 4.98 Å². The number of aromatic nitrogens is 4. The quantitative estimate of drug-likeness (QED) is 0.772. The largest absolute Gasteiger partial charge is 0.497 e. The van der Waals surface area contributed by atoms with Crippen molar-refractivity contribution in [3.05, 3.63) is 53.6 Å². The molecule has 2 aromatic heterocycles. The maximum Gasteiger partial charge on any atom is 0.291 e. The van der Waals surface area contributed by atoms with Crippen molar-refractivity contribution in [1.82, 2.24) is 24.9 Å². The Morgan fingerprint density at radius 3 is 2.52 bits per heavy atom. The summed E-state index contributed by atoms with van der Waals surface area (Å²) in [6, 6.07) is 9.33. The van der Waals surface area contributed by atoms with Crippen molar-refractivity contribution in [2.45, 2.75) is 26.8 Å². The van der Waals surface area contributed by atoms with Crippen LogP contribution in [0.5, 0.6) is 5.75 Å². The number of nitrogens with one attached hydrogen (secondary N) is 1. The first-order valence-electron chi connectivity index (χ1n) is 8.13. The highest BCUT2D eigenvalue weighted by molar-refractivity contribution is 5.91. The Morgan fingerprint density at radius 1 is 1.20 bits per heavy atom. The monoisotopic (exact) mass is 339 g/mol. The predicted molar refractivity (Wildman–Crippen MR) is 93.6 cm³/mol. The first kappa shape index (κ1) is 16.9. The molecule has 1 aromatic carbocycles. The van der Waals surface area contributed by atoms with Crippen LogP contribution in [0.15, 0.2) is 36.5 Å².